The van der Waals surface area contributed by atoms with Crippen LogP contribution in [0, 0.1) is 5.92 Å². The van der Waals surface area contributed by atoms with Crippen LogP contribution in [-0.2, 0) is 11.2 Å². The van der Waals surface area contributed by atoms with Gasteiger partial charge < -0.3 is 0 Å². The minimum absolute atomic E-state index is 0.0325. The average Bonchev–Trinajstić information content (AvgIpc) is 2.35. The van der Waals surface area contributed by atoms with Crippen molar-refractivity contribution in [1.82, 2.24) is 4.90 Å². The minimum Gasteiger partial charge on any atom is -0.294 e. The molecule has 0 radical (unpaired) electrons. The van der Waals surface area contributed by atoms with Gasteiger partial charge in [0.15, 0.2) is 5.78 Å². The van der Waals surface area contributed by atoms with Crippen LogP contribution in [0.25, 0.3) is 0 Å². The number of imide groups is 1. The van der Waals surface area contributed by atoms with Crippen LogP contribution in [0.15, 0.2) is 18.2 Å². The van der Waals surface area contributed by atoms with E-state index in [1.165, 1.54) is 7.05 Å². The highest BCUT2D eigenvalue weighted by molar-refractivity contribution is 6.10. The first-order valence-electron chi connectivity index (χ1n) is 6.37. The van der Waals surface area contributed by atoms with Crippen LogP contribution in [0.3, 0.4) is 0 Å². The SMILES string of the molecule is CC(C)CC(=O)c1ccc2c(c1)C(=O)N(C)C(=O)C2. The molecule has 1 aromatic rings. The molecule has 1 aromatic carbocycles. The summed E-state index contributed by atoms with van der Waals surface area (Å²) in [6.45, 7) is 3.96. The molecule has 0 N–H and O–H groups in total. The van der Waals surface area contributed by atoms with Crippen LogP contribution in [0.1, 0.15) is 46.5 Å². The molecule has 19 heavy (non-hydrogen) atoms. The second-order valence-electron chi connectivity index (χ2n) is 5.33. The van der Waals surface area contributed by atoms with Crippen LogP contribution in [0.2, 0.25) is 0 Å². The third-order valence-electron chi connectivity index (χ3n) is 3.28. The molecule has 4 nitrogen and oxygen atoms in total. The van der Waals surface area contributed by atoms with Gasteiger partial charge in [0.25, 0.3) is 5.91 Å². The van der Waals surface area contributed by atoms with Gasteiger partial charge in [-0.05, 0) is 17.5 Å². The molecule has 1 heterocycles. The summed E-state index contributed by atoms with van der Waals surface area (Å²) in [5.74, 6) is -0.224. The first-order chi connectivity index (χ1) is 8.90. The van der Waals surface area contributed by atoms with Crippen molar-refractivity contribution in [2.75, 3.05) is 7.05 Å². The van der Waals surface area contributed by atoms with E-state index in [4.69, 9.17) is 0 Å². The van der Waals surface area contributed by atoms with Crippen molar-refractivity contribution in [2.24, 2.45) is 5.92 Å². The molecule has 1 aliphatic heterocycles. The lowest BCUT2D eigenvalue weighted by Gasteiger charge is -2.23. The molecule has 0 fully saturated rings. The summed E-state index contributed by atoms with van der Waals surface area (Å²) >= 11 is 0. The van der Waals surface area contributed by atoms with Crippen molar-refractivity contribution in [3.63, 3.8) is 0 Å². The fourth-order valence-electron chi connectivity index (χ4n) is 2.17. The molecule has 0 unspecified atom stereocenters. The van der Waals surface area contributed by atoms with Gasteiger partial charge in [0.05, 0.1) is 6.42 Å². The van der Waals surface area contributed by atoms with E-state index in [1.807, 2.05) is 13.8 Å². The van der Waals surface area contributed by atoms with Gasteiger partial charge in [0.1, 0.15) is 0 Å². The summed E-state index contributed by atoms with van der Waals surface area (Å²) in [6, 6.07) is 5.03. The second kappa shape index (κ2) is 4.96. The van der Waals surface area contributed by atoms with Crippen molar-refractivity contribution in [2.45, 2.75) is 26.7 Å². The van der Waals surface area contributed by atoms with Crippen molar-refractivity contribution in [3.8, 4) is 0 Å². The van der Waals surface area contributed by atoms with Gasteiger partial charge in [0, 0.05) is 24.6 Å². The third-order valence-corrected chi connectivity index (χ3v) is 3.28. The fourth-order valence-corrected chi connectivity index (χ4v) is 2.17. The molecule has 0 aromatic heterocycles. The molecule has 0 saturated carbocycles. The maximum atomic E-state index is 12.0. The number of carbonyl (C=O) groups is 3. The second-order valence-corrected chi connectivity index (χ2v) is 5.33. The number of amides is 2. The van der Waals surface area contributed by atoms with Crippen molar-refractivity contribution in [3.05, 3.63) is 34.9 Å². The number of ketones is 1. The molecular formula is C15H17NO3. The zero-order valence-corrected chi connectivity index (χ0v) is 11.4. The van der Waals surface area contributed by atoms with E-state index in [9.17, 15) is 14.4 Å². The first-order valence-corrected chi connectivity index (χ1v) is 6.37. The zero-order chi connectivity index (χ0) is 14.2. The Labute approximate surface area is 112 Å². The average molecular weight is 259 g/mol. The highest BCUT2D eigenvalue weighted by Crippen LogP contribution is 2.21. The Balaban J connectivity index is 2.36. The lowest BCUT2D eigenvalue weighted by atomic mass is 9.93. The number of fused-ring (bicyclic) bond motifs is 1. The van der Waals surface area contributed by atoms with E-state index in [0.29, 0.717) is 23.1 Å². The molecule has 100 valence electrons. The van der Waals surface area contributed by atoms with Gasteiger partial charge in [-0.25, -0.2) is 0 Å². The minimum atomic E-state index is -0.328. The standard InChI is InChI=1S/C15H17NO3/c1-9(2)6-13(17)11-5-4-10-8-14(18)16(3)15(19)12(10)7-11/h4-5,7,9H,6,8H2,1-3H3. The summed E-state index contributed by atoms with van der Waals surface area (Å²) < 4.78 is 0. The first kappa shape index (κ1) is 13.5. The van der Waals surface area contributed by atoms with E-state index in [-0.39, 0.29) is 29.9 Å². The highest BCUT2D eigenvalue weighted by atomic mass is 16.2. The predicted octanol–water partition coefficient (Wildman–Crippen LogP) is 2.07. The topological polar surface area (TPSA) is 54.5 Å². The Morgan fingerprint density at radius 2 is 2.00 bits per heavy atom. The number of likely N-dealkylation sites (N-methyl/N-ethyl adjacent to an activating group) is 1. The number of carbonyl (C=O) groups excluding carboxylic acids is 3. The molecule has 2 rings (SSSR count). The van der Waals surface area contributed by atoms with Gasteiger partial charge in [-0.2, -0.15) is 0 Å². The van der Waals surface area contributed by atoms with Crippen LogP contribution in [0.5, 0.6) is 0 Å². The largest absolute Gasteiger partial charge is 0.294 e. The van der Waals surface area contributed by atoms with Gasteiger partial charge >= 0.3 is 0 Å². The Morgan fingerprint density at radius 3 is 2.63 bits per heavy atom. The summed E-state index contributed by atoms with van der Waals surface area (Å²) in [5.41, 5.74) is 1.72. The fraction of sp³-hybridized carbons (Fsp3) is 0.400. The Kier molecular flexibility index (Phi) is 3.51. The Morgan fingerprint density at radius 1 is 1.32 bits per heavy atom. The third kappa shape index (κ3) is 2.57. The highest BCUT2D eigenvalue weighted by Gasteiger charge is 2.28. The normalized spacial score (nSPS) is 14.8. The lowest BCUT2D eigenvalue weighted by molar-refractivity contribution is -0.127. The molecule has 0 atom stereocenters. The number of nitrogens with zero attached hydrogens (tertiary/aromatic N) is 1. The van der Waals surface area contributed by atoms with E-state index in [0.717, 1.165) is 4.90 Å². The molecule has 2 amide bonds. The molecule has 0 spiro atoms. The number of hydrogen-bond acceptors (Lipinski definition) is 3. The molecule has 4 heteroatoms. The number of Topliss-reactive ketones (excluding diaryl/α,β-unsaturated/α-hetero) is 1. The zero-order valence-electron chi connectivity index (χ0n) is 11.4. The summed E-state index contributed by atoms with van der Waals surface area (Å²) in [7, 11) is 1.47. The molecule has 0 bridgehead atoms. The van der Waals surface area contributed by atoms with Crippen LogP contribution in [-0.4, -0.2) is 29.5 Å². The van der Waals surface area contributed by atoms with Gasteiger partial charge in [-0.1, -0.05) is 26.0 Å². The van der Waals surface area contributed by atoms with E-state index in [2.05, 4.69) is 0 Å². The number of hydrogen-bond donors (Lipinski definition) is 0. The molecule has 0 saturated heterocycles. The maximum absolute atomic E-state index is 12.0. The Hall–Kier alpha value is -1.97. The lowest BCUT2D eigenvalue weighted by Crippen LogP contribution is -2.39. The Bertz CT molecular complexity index is 561. The van der Waals surface area contributed by atoms with Gasteiger partial charge in [-0.15, -0.1) is 0 Å². The van der Waals surface area contributed by atoms with Gasteiger partial charge in [-0.3, -0.25) is 19.3 Å². The molecular weight excluding hydrogens is 242 g/mol. The van der Waals surface area contributed by atoms with Crippen LogP contribution in [0.4, 0.5) is 0 Å². The smallest absolute Gasteiger partial charge is 0.260 e. The predicted molar refractivity (Wildman–Crippen MR) is 71.0 cm³/mol. The summed E-state index contributed by atoms with van der Waals surface area (Å²) in [5, 5.41) is 0. The van der Waals surface area contributed by atoms with Crippen molar-refractivity contribution in [1.29, 1.82) is 0 Å². The van der Waals surface area contributed by atoms with E-state index in [1.54, 1.807) is 18.2 Å². The number of benzene rings is 1. The van der Waals surface area contributed by atoms with Crippen LogP contribution < -0.4 is 0 Å². The maximum Gasteiger partial charge on any atom is 0.260 e. The number of rotatable bonds is 3. The van der Waals surface area contributed by atoms with E-state index >= 15 is 0 Å². The summed E-state index contributed by atoms with van der Waals surface area (Å²) in [4.78, 5) is 36.7. The van der Waals surface area contributed by atoms with Crippen LogP contribution >= 0.6 is 0 Å². The quantitative estimate of drug-likeness (QED) is 0.617. The van der Waals surface area contributed by atoms with Gasteiger partial charge in [0.2, 0.25) is 5.91 Å². The monoisotopic (exact) mass is 259 g/mol. The van der Waals surface area contributed by atoms with Crippen molar-refractivity contribution < 1.29 is 14.4 Å². The van der Waals surface area contributed by atoms with E-state index < -0.39 is 0 Å². The molecule has 0 aliphatic carbocycles. The summed E-state index contributed by atoms with van der Waals surface area (Å²) in [6.07, 6.45) is 0.679. The molecule has 1 aliphatic rings. The van der Waals surface area contributed by atoms with Crippen molar-refractivity contribution >= 4 is 17.6 Å².